The summed E-state index contributed by atoms with van der Waals surface area (Å²) in [5.74, 6) is -0.355. The second-order valence-corrected chi connectivity index (χ2v) is 8.60. The molecule has 1 aromatic rings. The van der Waals surface area contributed by atoms with Crippen molar-refractivity contribution in [1.82, 2.24) is 9.80 Å². The van der Waals surface area contributed by atoms with Crippen LogP contribution in [0.5, 0.6) is 0 Å². The number of carbonyl (C=O) groups excluding carboxylic acids is 2. The minimum absolute atomic E-state index is 0.108. The second kappa shape index (κ2) is 10.2. The molecule has 0 atom stereocenters. The molecule has 8 heteroatoms. The molecular formula is C18H21BrN2O3S2. The topological polar surface area (TPSA) is 49.9 Å². The highest BCUT2D eigenvalue weighted by Crippen LogP contribution is 2.32. The number of rotatable bonds is 8. The van der Waals surface area contributed by atoms with Gasteiger partial charge in [0.25, 0.3) is 5.91 Å². The molecule has 0 aromatic heterocycles. The van der Waals surface area contributed by atoms with Crippen molar-refractivity contribution >= 4 is 62.2 Å². The number of hydrogen-bond donors (Lipinski definition) is 0. The maximum Gasteiger partial charge on any atom is 0.305 e. The standard InChI is InChI=1S/C18H21BrN2O3S2/c1-20(2)10-11-24-16(22)4-3-9-21-17(23)15(26-18(21)25)12-13-5-7-14(19)8-6-13/h5-8,12H,3-4,9-11H2,1-2H3. The zero-order valence-electron chi connectivity index (χ0n) is 14.7. The van der Waals surface area contributed by atoms with E-state index in [0.717, 1.165) is 10.0 Å². The van der Waals surface area contributed by atoms with Gasteiger partial charge in [-0.15, -0.1) is 0 Å². The first kappa shape index (κ1) is 21.1. The maximum atomic E-state index is 12.5. The van der Waals surface area contributed by atoms with Gasteiger partial charge < -0.3 is 9.64 Å². The highest BCUT2D eigenvalue weighted by molar-refractivity contribution is 9.10. The van der Waals surface area contributed by atoms with Crippen molar-refractivity contribution in [3.63, 3.8) is 0 Å². The Morgan fingerprint density at radius 1 is 1.35 bits per heavy atom. The fraction of sp³-hybridized carbons (Fsp3) is 0.389. The first-order chi connectivity index (χ1) is 12.4. The van der Waals surface area contributed by atoms with E-state index < -0.39 is 0 Å². The number of amides is 1. The van der Waals surface area contributed by atoms with Crippen molar-refractivity contribution in [3.05, 3.63) is 39.2 Å². The Hall–Kier alpha value is -1.22. The van der Waals surface area contributed by atoms with Crippen LogP contribution in [0, 0.1) is 0 Å². The molecule has 0 spiro atoms. The predicted molar refractivity (Wildman–Crippen MR) is 113 cm³/mol. The third-order valence-corrected chi connectivity index (χ3v) is 5.51. The monoisotopic (exact) mass is 456 g/mol. The van der Waals surface area contributed by atoms with Crippen LogP contribution in [0.3, 0.4) is 0 Å². The summed E-state index contributed by atoms with van der Waals surface area (Å²) in [6.45, 7) is 1.50. The Balaban J connectivity index is 1.83. The quantitative estimate of drug-likeness (QED) is 0.338. The second-order valence-electron chi connectivity index (χ2n) is 6.01. The van der Waals surface area contributed by atoms with Crippen molar-refractivity contribution < 1.29 is 14.3 Å². The van der Waals surface area contributed by atoms with Gasteiger partial charge in [-0.3, -0.25) is 14.5 Å². The third-order valence-electron chi connectivity index (χ3n) is 3.61. The fourth-order valence-electron chi connectivity index (χ4n) is 2.20. The van der Waals surface area contributed by atoms with Crippen molar-refractivity contribution in [2.75, 3.05) is 33.8 Å². The number of benzene rings is 1. The molecule has 140 valence electrons. The van der Waals surface area contributed by atoms with Gasteiger partial charge in [0.05, 0.1) is 4.91 Å². The minimum atomic E-state index is -0.248. The van der Waals surface area contributed by atoms with E-state index in [4.69, 9.17) is 17.0 Å². The van der Waals surface area contributed by atoms with E-state index >= 15 is 0 Å². The van der Waals surface area contributed by atoms with Crippen molar-refractivity contribution in [2.24, 2.45) is 0 Å². The molecule has 1 aromatic carbocycles. The van der Waals surface area contributed by atoms with E-state index in [9.17, 15) is 9.59 Å². The van der Waals surface area contributed by atoms with Crippen LogP contribution in [-0.2, 0) is 14.3 Å². The highest BCUT2D eigenvalue weighted by atomic mass is 79.9. The summed E-state index contributed by atoms with van der Waals surface area (Å²) in [7, 11) is 3.84. The predicted octanol–water partition coefficient (Wildman–Crippen LogP) is 3.54. The van der Waals surface area contributed by atoms with Crippen LogP contribution in [0.4, 0.5) is 0 Å². The van der Waals surface area contributed by atoms with Gasteiger partial charge >= 0.3 is 5.97 Å². The first-order valence-corrected chi connectivity index (χ1v) is 10.2. The van der Waals surface area contributed by atoms with Gasteiger partial charge in [-0.2, -0.15) is 0 Å². The van der Waals surface area contributed by atoms with Crippen molar-refractivity contribution in [2.45, 2.75) is 12.8 Å². The summed E-state index contributed by atoms with van der Waals surface area (Å²) in [6.07, 6.45) is 2.64. The van der Waals surface area contributed by atoms with Gasteiger partial charge in [0, 0.05) is 24.0 Å². The molecule has 2 rings (SSSR count). The summed E-state index contributed by atoms with van der Waals surface area (Å²) < 4.78 is 6.66. The Morgan fingerprint density at radius 2 is 2.04 bits per heavy atom. The molecule has 1 saturated heterocycles. The molecule has 1 aliphatic rings. The van der Waals surface area contributed by atoms with Crippen molar-refractivity contribution in [1.29, 1.82) is 0 Å². The first-order valence-electron chi connectivity index (χ1n) is 8.18. The Morgan fingerprint density at radius 3 is 2.69 bits per heavy atom. The van der Waals surface area contributed by atoms with Crippen LogP contribution < -0.4 is 0 Å². The minimum Gasteiger partial charge on any atom is -0.464 e. The molecule has 1 aliphatic heterocycles. The van der Waals surface area contributed by atoms with Crippen molar-refractivity contribution in [3.8, 4) is 0 Å². The van der Waals surface area contributed by atoms with E-state index in [1.807, 2.05) is 49.3 Å². The number of ether oxygens (including phenoxy) is 1. The normalized spacial score (nSPS) is 16.0. The van der Waals surface area contributed by atoms with Crippen LogP contribution in [0.2, 0.25) is 0 Å². The van der Waals surface area contributed by atoms with Gasteiger partial charge in [0.2, 0.25) is 0 Å². The molecule has 5 nitrogen and oxygen atoms in total. The Kier molecular flexibility index (Phi) is 8.27. The lowest BCUT2D eigenvalue weighted by Crippen LogP contribution is -2.29. The molecule has 0 saturated carbocycles. The number of likely N-dealkylation sites (N-methyl/N-ethyl adjacent to an activating group) is 1. The molecule has 1 amide bonds. The summed E-state index contributed by atoms with van der Waals surface area (Å²) in [5.41, 5.74) is 0.943. The van der Waals surface area contributed by atoms with Gasteiger partial charge in [-0.05, 0) is 44.3 Å². The smallest absolute Gasteiger partial charge is 0.305 e. The summed E-state index contributed by atoms with van der Waals surface area (Å²) >= 11 is 9.99. The van der Waals surface area contributed by atoms with E-state index in [2.05, 4.69) is 15.9 Å². The average molecular weight is 457 g/mol. The van der Waals surface area contributed by atoms with Crippen LogP contribution >= 0.6 is 39.9 Å². The van der Waals surface area contributed by atoms with E-state index in [0.29, 0.717) is 35.3 Å². The largest absolute Gasteiger partial charge is 0.464 e. The van der Waals surface area contributed by atoms with E-state index in [-0.39, 0.29) is 18.3 Å². The molecule has 0 aliphatic carbocycles. The van der Waals surface area contributed by atoms with Gasteiger partial charge in [0.1, 0.15) is 10.9 Å². The molecular weight excluding hydrogens is 436 g/mol. The molecule has 1 fully saturated rings. The lowest BCUT2D eigenvalue weighted by molar-refractivity contribution is -0.144. The number of halogens is 1. The zero-order chi connectivity index (χ0) is 19.1. The number of carbonyl (C=O) groups is 2. The lowest BCUT2D eigenvalue weighted by Gasteiger charge is -2.14. The van der Waals surface area contributed by atoms with E-state index in [1.54, 1.807) is 4.90 Å². The maximum absolute atomic E-state index is 12.5. The molecule has 26 heavy (non-hydrogen) atoms. The molecule has 1 heterocycles. The van der Waals surface area contributed by atoms with E-state index in [1.165, 1.54) is 11.8 Å². The number of thioether (sulfide) groups is 1. The molecule has 0 unspecified atom stereocenters. The van der Waals surface area contributed by atoms with Gasteiger partial charge in [-0.1, -0.05) is 52.0 Å². The molecule has 0 N–H and O–H groups in total. The number of thiocarbonyl (C=S) groups is 1. The van der Waals surface area contributed by atoms with Crippen LogP contribution in [0.15, 0.2) is 33.6 Å². The van der Waals surface area contributed by atoms with Crippen LogP contribution in [0.1, 0.15) is 18.4 Å². The number of hydrogen-bond acceptors (Lipinski definition) is 6. The Labute approximate surface area is 171 Å². The number of nitrogens with zero attached hydrogens (tertiary/aromatic N) is 2. The lowest BCUT2D eigenvalue weighted by atomic mass is 10.2. The SMILES string of the molecule is CN(C)CCOC(=O)CCCN1C(=O)C(=Cc2ccc(Br)cc2)SC1=S. The van der Waals surface area contributed by atoms with Gasteiger partial charge in [0.15, 0.2) is 0 Å². The van der Waals surface area contributed by atoms with Crippen LogP contribution in [-0.4, -0.2) is 59.8 Å². The summed E-state index contributed by atoms with van der Waals surface area (Å²) in [5, 5.41) is 0. The Bertz CT molecular complexity index is 705. The molecule has 0 bridgehead atoms. The fourth-order valence-corrected chi connectivity index (χ4v) is 3.77. The summed E-state index contributed by atoms with van der Waals surface area (Å²) in [6, 6.07) is 7.71. The average Bonchev–Trinajstić information content (AvgIpc) is 2.84. The third kappa shape index (κ3) is 6.50. The summed E-state index contributed by atoms with van der Waals surface area (Å²) in [4.78, 5) is 28.3. The van der Waals surface area contributed by atoms with Gasteiger partial charge in [-0.25, -0.2) is 0 Å². The number of esters is 1. The zero-order valence-corrected chi connectivity index (χ0v) is 18.0. The highest BCUT2D eigenvalue weighted by Gasteiger charge is 2.31. The molecule has 0 radical (unpaired) electrons. The van der Waals surface area contributed by atoms with Crippen LogP contribution in [0.25, 0.3) is 6.08 Å².